The van der Waals surface area contributed by atoms with Crippen molar-refractivity contribution in [2.45, 2.75) is 12.7 Å². The Morgan fingerprint density at radius 1 is 1.21 bits per heavy atom. The highest BCUT2D eigenvalue weighted by atomic mass is 19.3. The molecule has 0 amide bonds. The number of nitrogens with one attached hydrogen (secondary N) is 1. The first kappa shape index (κ1) is 13.4. The first-order valence-corrected chi connectivity index (χ1v) is 5.66. The molecule has 2 aromatic rings. The number of para-hydroxylation sites is 2. The highest BCUT2D eigenvalue weighted by Crippen LogP contribution is 2.26. The molecule has 0 aliphatic rings. The van der Waals surface area contributed by atoms with Crippen LogP contribution in [0.4, 0.5) is 14.5 Å². The van der Waals surface area contributed by atoms with Crippen LogP contribution in [0.5, 0.6) is 5.75 Å². The highest BCUT2D eigenvalue weighted by Gasteiger charge is 2.13. The van der Waals surface area contributed by atoms with Gasteiger partial charge in [0.15, 0.2) is 0 Å². The molecule has 2 N–H and O–H groups in total. The summed E-state index contributed by atoms with van der Waals surface area (Å²) in [6.07, 6.45) is 0.585. The predicted molar refractivity (Wildman–Crippen MR) is 65.2 cm³/mol. The fourth-order valence-electron chi connectivity index (χ4n) is 1.60. The Kier molecular flexibility index (Phi) is 4.35. The molecule has 4 nitrogen and oxygen atoms in total. The number of halogens is 2. The van der Waals surface area contributed by atoms with Gasteiger partial charge in [-0.2, -0.15) is 8.78 Å². The van der Waals surface area contributed by atoms with Crippen molar-refractivity contribution in [3.8, 4) is 5.75 Å². The summed E-state index contributed by atoms with van der Waals surface area (Å²) in [6.45, 7) is -2.77. The van der Waals surface area contributed by atoms with E-state index in [1.54, 1.807) is 30.3 Å². The van der Waals surface area contributed by atoms with Gasteiger partial charge < -0.3 is 19.6 Å². The van der Waals surface area contributed by atoms with Crippen LogP contribution in [0.3, 0.4) is 0 Å². The SMILES string of the molecule is OC(CNc1ccccc1OC(F)F)c1ccco1. The average molecular weight is 269 g/mol. The van der Waals surface area contributed by atoms with Crippen molar-refractivity contribution < 1.29 is 23.0 Å². The smallest absolute Gasteiger partial charge is 0.387 e. The van der Waals surface area contributed by atoms with Crippen molar-refractivity contribution in [2.24, 2.45) is 0 Å². The van der Waals surface area contributed by atoms with Gasteiger partial charge in [-0.1, -0.05) is 12.1 Å². The molecule has 0 spiro atoms. The van der Waals surface area contributed by atoms with Gasteiger partial charge >= 0.3 is 6.61 Å². The van der Waals surface area contributed by atoms with Crippen molar-refractivity contribution in [2.75, 3.05) is 11.9 Å². The van der Waals surface area contributed by atoms with Crippen LogP contribution in [0.25, 0.3) is 0 Å². The number of ether oxygens (including phenoxy) is 1. The fraction of sp³-hybridized carbons (Fsp3) is 0.231. The van der Waals surface area contributed by atoms with Crippen molar-refractivity contribution in [1.29, 1.82) is 0 Å². The number of aliphatic hydroxyl groups excluding tert-OH is 1. The molecule has 1 heterocycles. The first-order chi connectivity index (χ1) is 9.16. The molecular weight excluding hydrogens is 256 g/mol. The molecule has 0 fully saturated rings. The average Bonchev–Trinajstić information content (AvgIpc) is 2.90. The Morgan fingerprint density at radius 2 is 2.00 bits per heavy atom. The molecule has 6 heteroatoms. The normalized spacial score (nSPS) is 12.4. The lowest BCUT2D eigenvalue weighted by Crippen LogP contribution is -2.13. The van der Waals surface area contributed by atoms with E-state index in [9.17, 15) is 13.9 Å². The van der Waals surface area contributed by atoms with E-state index >= 15 is 0 Å². The van der Waals surface area contributed by atoms with Gasteiger partial charge in [-0.3, -0.25) is 0 Å². The molecule has 0 bridgehead atoms. The van der Waals surface area contributed by atoms with Gasteiger partial charge in [0.2, 0.25) is 0 Å². The van der Waals surface area contributed by atoms with E-state index < -0.39 is 12.7 Å². The Labute approximate surface area is 108 Å². The summed E-state index contributed by atoms with van der Waals surface area (Å²) in [6, 6.07) is 9.58. The second kappa shape index (κ2) is 6.19. The van der Waals surface area contributed by atoms with E-state index in [-0.39, 0.29) is 12.3 Å². The van der Waals surface area contributed by atoms with E-state index in [0.717, 1.165) is 0 Å². The molecule has 1 aromatic heterocycles. The van der Waals surface area contributed by atoms with E-state index in [1.165, 1.54) is 12.3 Å². The molecular formula is C13H13F2NO3. The van der Waals surface area contributed by atoms with Gasteiger partial charge in [0.1, 0.15) is 17.6 Å². The summed E-state index contributed by atoms with van der Waals surface area (Å²) in [5, 5.41) is 12.6. The van der Waals surface area contributed by atoms with Crippen LogP contribution in [-0.2, 0) is 0 Å². The van der Waals surface area contributed by atoms with Crippen LogP contribution in [0.1, 0.15) is 11.9 Å². The minimum Gasteiger partial charge on any atom is -0.467 e. The topological polar surface area (TPSA) is 54.6 Å². The second-order valence-corrected chi connectivity index (χ2v) is 3.79. The molecule has 19 heavy (non-hydrogen) atoms. The zero-order valence-corrected chi connectivity index (χ0v) is 9.92. The zero-order valence-electron chi connectivity index (χ0n) is 9.92. The summed E-state index contributed by atoms with van der Waals surface area (Å²) in [5.74, 6) is 0.434. The maximum Gasteiger partial charge on any atom is 0.387 e. The van der Waals surface area contributed by atoms with Crippen molar-refractivity contribution >= 4 is 5.69 Å². The summed E-state index contributed by atoms with van der Waals surface area (Å²) in [7, 11) is 0. The predicted octanol–water partition coefficient (Wildman–Crippen LogP) is 3.03. The van der Waals surface area contributed by atoms with Gasteiger partial charge in [0.05, 0.1) is 12.0 Å². The Hall–Kier alpha value is -2.08. The van der Waals surface area contributed by atoms with Crippen molar-refractivity contribution in [3.05, 3.63) is 48.4 Å². The number of hydrogen-bond donors (Lipinski definition) is 2. The number of furan rings is 1. The number of hydrogen-bond acceptors (Lipinski definition) is 4. The largest absolute Gasteiger partial charge is 0.467 e. The molecule has 1 atom stereocenters. The van der Waals surface area contributed by atoms with Crippen LogP contribution in [0.15, 0.2) is 47.1 Å². The maximum atomic E-state index is 12.2. The third-order valence-electron chi connectivity index (χ3n) is 2.46. The zero-order chi connectivity index (χ0) is 13.7. The summed E-state index contributed by atoms with van der Waals surface area (Å²) in [4.78, 5) is 0. The third-order valence-corrected chi connectivity index (χ3v) is 2.46. The molecule has 0 radical (unpaired) electrons. The number of anilines is 1. The Balaban J connectivity index is 1.99. The lowest BCUT2D eigenvalue weighted by atomic mass is 10.2. The molecule has 0 saturated carbocycles. The van der Waals surface area contributed by atoms with Crippen LogP contribution < -0.4 is 10.1 Å². The van der Waals surface area contributed by atoms with Gasteiger partial charge in [-0.05, 0) is 24.3 Å². The quantitative estimate of drug-likeness (QED) is 0.846. The summed E-state index contributed by atoms with van der Waals surface area (Å²) < 4.78 is 33.8. The number of benzene rings is 1. The molecule has 0 saturated heterocycles. The van der Waals surface area contributed by atoms with Gasteiger partial charge in [0, 0.05) is 6.54 Å². The van der Waals surface area contributed by atoms with E-state index in [0.29, 0.717) is 11.4 Å². The molecule has 102 valence electrons. The monoisotopic (exact) mass is 269 g/mol. The molecule has 1 unspecified atom stereocenters. The molecule has 0 aliphatic heterocycles. The molecule has 1 aromatic carbocycles. The number of alkyl halides is 2. The number of rotatable bonds is 6. The van der Waals surface area contributed by atoms with Crippen LogP contribution in [-0.4, -0.2) is 18.3 Å². The highest BCUT2D eigenvalue weighted by molar-refractivity contribution is 5.56. The van der Waals surface area contributed by atoms with Gasteiger partial charge in [-0.25, -0.2) is 0 Å². The van der Waals surface area contributed by atoms with Gasteiger partial charge in [0.25, 0.3) is 0 Å². The van der Waals surface area contributed by atoms with E-state index in [4.69, 9.17) is 4.42 Å². The molecule has 0 aliphatic carbocycles. The van der Waals surface area contributed by atoms with E-state index in [2.05, 4.69) is 10.1 Å². The minimum absolute atomic E-state index is 0.0316. The van der Waals surface area contributed by atoms with Gasteiger partial charge in [-0.15, -0.1) is 0 Å². The molecule has 2 rings (SSSR count). The lowest BCUT2D eigenvalue weighted by molar-refractivity contribution is -0.0493. The summed E-state index contributed by atoms with van der Waals surface area (Å²) >= 11 is 0. The minimum atomic E-state index is -2.89. The Morgan fingerprint density at radius 3 is 2.68 bits per heavy atom. The van der Waals surface area contributed by atoms with Crippen molar-refractivity contribution in [1.82, 2.24) is 0 Å². The van der Waals surface area contributed by atoms with Crippen molar-refractivity contribution in [3.63, 3.8) is 0 Å². The lowest BCUT2D eigenvalue weighted by Gasteiger charge is -2.14. The standard InChI is InChI=1S/C13H13F2NO3/c14-13(15)19-11-5-2-1-4-9(11)16-8-10(17)12-6-3-7-18-12/h1-7,10,13,16-17H,8H2. The van der Waals surface area contributed by atoms with Crippen LogP contribution in [0.2, 0.25) is 0 Å². The Bertz CT molecular complexity index is 502. The summed E-state index contributed by atoms with van der Waals surface area (Å²) in [5.41, 5.74) is 0.383. The maximum absolute atomic E-state index is 12.2. The van der Waals surface area contributed by atoms with Crippen LogP contribution >= 0.6 is 0 Å². The first-order valence-electron chi connectivity index (χ1n) is 5.66. The van der Waals surface area contributed by atoms with Crippen LogP contribution in [0, 0.1) is 0 Å². The third kappa shape index (κ3) is 3.69. The van der Waals surface area contributed by atoms with E-state index in [1.807, 2.05) is 0 Å². The number of aliphatic hydroxyl groups is 1. The second-order valence-electron chi connectivity index (χ2n) is 3.79. The fourth-order valence-corrected chi connectivity index (χ4v) is 1.60.